The Bertz CT molecular complexity index is 569. The molecule has 3 amide bonds. The van der Waals surface area contributed by atoms with Crippen molar-refractivity contribution in [3.8, 4) is 0 Å². The molecular formula is C14H20N4O4. The Labute approximate surface area is 128 Å². The zero-order valence-electron chi connectivity index (χ0n) is 12.4. The molecule has 1 aliphatic rings. The van der Waals surface area contributed by atoms with Crippen molar-refractivity contribution >= 4 is 17.9 Å². The maximum atomic E-state index is 12.5. The number of rotatable bonds is 4. The molecule has 8 heteroatoms. The third-order valence-electron chi connectivity index (χ3n) is 3.70. The van der Waals surface area contributed by atoms with Gasteiger partial charge >= 0.3 is 6.09 Å². The van der Waals surface area contributed by atoms with Crippen LogP contribution in [0.5, 0.6) is 0 Å². The predicted octanol–water partition coefficient (Wildman–Crippen LogP) is 0.464. The van der Waals surface area contributed by atoms with E-state index in [1.807, 2.05) is 0 Å². The monoisotopic (exact) mass is 308 g/mol. The van der Waals surface area contributed by atoms with E-state index in [0.717, 1.165) is 19.3 Å². The van der Waals surface area contributed by atoms with Crippen molar-refractivity contribution in [2.45, 2.75) is 25.3 Å². The van der Waals surface area contributed by atoms with Gasteiger partial charge in [0.05, 0.1) is 11.6 Å². The van der Waals surface area contributed by atoms with Gasteiger partial charge in [0.25, 0.3) is 5.91 Å². The van der Waals surface area contributed by atoms with E-state index in [4.69, 9.17) is 10.5 Å². The lowest BCUT2D eigenvalue weighted by atomic mass is 10.0. The van der Waals surface area contributed by atoms with Crippen LogP contribution < -0.4 is 11.1 Å². The number of aromatic amines is 1. The molecule has 1 fully saturated rings. The van der Waals surface area contributed by atoms with E-state index in [1.54, 1.807) is 4.90 Å². The van der Waals surface area contributed by atoms with Gasteiger partial charge in [-0.05, 0) is 25.3 Å². The molecule has 120 valence electrons. The molecule has 0 saturated carbocycles. The van der Waals surface area contributed by atoms with Crippen LogP contribution in [0.15, 0.2) is 12.3 Å². The summed E-state index contributed by atoms with van der Waals surface area (Å²) in [5.74, 6) is -0.814. The summed E-state index contributed by atoms with van der Waals surface area (Å²) < 4.78 is 5.06. The fraction of sp³-hybridized carbons (Fsp3) is 0.500. The summed E-state index contributed by atoms with van der Waals surface area (Å²) in [5.41, 5.74) is 5.75. The number of nitrogens with one attached hydrogen (secondary N) is 2. The second-order valence-electron chi connectivity index (χ2n) is 5.16. The van der Waals surface area contributed by atoms with Gasteiger partial charge in [-0.2, -0.15) is 0 Å². The zero-order chi connectivity index (χ0) is 16.1. The molecule has 2 rings (SSSR count). The number of carbonyl (C=O) groups excluding carboxylic acids is 3. The molecule has 4 N–H and O–H groups in total. The predicted molar refractivity (Wildman–Crippen MR) is 78.4 cm³/mol. The lowest BCUT2D eigenvalue weighted by molar-refractivity contribution is 0.0447. The van der Waals surface area contributed by atoms with E-state index in [0.29, 0.717) is 12.2 Å². The molecule has 1 aromatic rings. The van der Waals surface area contributed by atoms with E-state index in [2.05, 4.69) is 10.3 Å². The highest BCUT2D eigenvalue weighted by molar-refractivity contribution is 5.98. The first-order valence-electron chi connectivity index (χ1n) is 7.16. The van der Waals surface area contributed by atoms with Crippen LogP contribution >= 0.6 is 0 Å². The summed E-state index contributed by atoms with van der Waals surface area (Å²) in [6, 6.07) is 1.27. The van der Waals surface area contributed by atoms with Gasteiger partial charge in [0.1, 0.15) is 12.3 Å². The molecule has 0 spiro atoms. The maximum absolute atomic E-state index is 12.5. The zero-order valence-corrected chi connectivity index (χ0v) is 12.4. The number of hydrogen-bond donors (Lipinski definition) is 3. The van der Waals surface area contributed by atoms with Crippen molar-refractivity contribution in [2.24, 2.45) is 5.73 Å². The summed E-state index contributed by atoms with van der Waals surface area (Å²) in [4.78, 5) is 39.3. The van der Waals surface area contributed by atoms with Crippen LogP contribution in [0.25, 0.3) is 0 Å². The average Bonchev–Trinajstić information content (AvgIpc) is 3.02. The standard InChI is InChI=1S/C14H20N4O4/c1-16-14(21)22-8-10-4-2-3-5-18(10)13(20)11-6-9(7-17-11)12(15)19/h6-7,10,17H,2-5,8H2,1H3,(H2,15,19)(H,16,21). The lowest BCUT2D eigenvalue weighted by Crippen LogP contribution is -2.46. The van der Waals surface area contributed by atoms with Crippen molar-refractivity contribution in [1.29, 1.82) is 0 Å². The molecule has 0 bridgehead atoms. The van der Waals surface area contributed by atoms with Gasteiger partial charge in [0, 0.05) is 19.8 Å². The van der Waals surface area contributed by atoms with Crippen LogP contribution in [-0.2, 0) is 4.74 Å². The number of amides is 3. The van der Waals surface area contributed by atoms with Gasteiger partial charge in [-0.15, -0.1) is 0 Å². The van der Waals surface area contributed by atoms with E-state index in [-0.39, 0.29) is 24.1 Å². The first kappa shape index (κ1) is 15.9. The molecule has 1 atom stereocenters. The largest absolute Gasteiger partial charge is 0.447 e. The van der Waals surface area contributed by atoms with Crippen LogP contribution in [0.2, 0.25) is 0 Å². The number of piperidine rings is 1. The fourth-order valence-corrected chi connectivity index (χ4v) is 2.50. The summed E-state index contributed by atoms with van der Waals surface area (Å²) in [7, 11) is 1.48. The summed E-state index contributed by atoms with van der Waals surface area (Å²) in [6.45, 7) is 0.736. The summed E-state index contributed by atoms with van der Waals surface area (Å²) in [6.07, 6.45) is 3.53. The van der Waals surface area contributed by atoms with Crippen molar-refractivity contribution in [3.63, 3.8) is 0 Å². The molecule has 8 nitrogen and oxygen atoms in total. The minimum atomic E-state index is -0.589. The lowest BCUT2D eigenvalue weighted by Gasteiger charge is -2.35. The van der Waals surface area contributed by atoms with Gasteiger partial charge < -0.3 is 25.7 Å². The number of hydrogen-bond acceptors (Lipinski definition) is 4. The number of H-pyrrole nitrogens is 1. The van der Waals surface area contributed by atoms with Crippen molar-refractivity contribution in [2.75, 3.05) is 20.2 Å². The number of likely N-dealkylation sites (tertiary alicyclic amines) is 1. The minimum Gasteiger partial charge on any atom is -0.447 e. The van der Waals surface area contributed by atoms with Crippen LogP contribution in [0.3, 0.4) is 0 Å². The van der Waals surface area contributed by atoms with Gasteiger partial charge in [0.2, 0.25) is 5.91 Å². The number of alkyl carbamates (subject to hydrolysis) is 1. The topological polar surface area (TPSA) is 118 Å². The molecule has 1 aliphatic heterocycles. The van der Waals surface area contributed by atoms with Crippen LogP contribution in [0, 0.1) is 0 Å². The van der Waals surface area contributed by atoms with E-state index < -0.39 is 12.0 Å². The Morgan fingerprint density at radius 1 is 1.45 bits per heavy atom. The molecule has 1 aromatic heterocycles. The van der Waals surface area contributed by atoms with Crippen LogP contribution in [-0.4, -0.2) is 54.0 Å². The highest BCUT2D eigenvalue weighted by atomic mass is 16.5. The minimum absolute atomic E-state index is 0.148. The smallest absolute Gasteiger partial charge is 0.406 e. The first-order valence-corrected chi connectivity index (χ1v) is 7.16. The van der Waals surface area contributed by atoms with Gasteiger partial charge in [-0.1, -0.05) is 0 Å². The van der Waals surface area contributed by atoms with Crippen LogP contribution in [0.4, 0.5) is 4.79 Å². The van der Waals surface area contributed by atoms with Gasteiger partial charge in [-0.25, -0.2) is 4.79 Å². The Balaban J connectivity index is 2.06. The van der Waals surface area contributed by atoms with Crippen molar-refractivity contribution in [3.05, 3.63) is 23.5 Å². The SMILES string of the molecule is CNC(=O)OCC1CCCCN1C(=O)c1cc(C(N)=O)c[nH]1. The Morgan fingerprint density at radius 2 is 2.23 bits per heavy atom. The fourth-order valence-electron chi connectivity index (χ4n) is 2.50. The molecule has 2 heterocycles. The number of nitrogens with two attached hydrogens (primary N) is 1. The van der Waals surface area contributed by atoms with E-state index in [9.17, 15) is 14.4 Å². The van der Waals surface area contributed by atoms with E-state index >= 15 is 0 Å². The third-order valence-corrected chi connectivity index (χ3v) is 3.70. The highest BCUT2D eigenvalue weighted by Gasteiger charge is 2.29. The Morgan fingerprint density at radius 3 is 2.86 bits per heavy atom. The summed E-state index contributed by atoms with van der Waals surface area (Å²) >= 11 is 0. The second kappa shape index (κ2) is 6.97. The number of nitrogens with zero attached hydrogens (tertiary/aromatic N) is 1. The number of ether oxygens (including phenoxy) is 1. The second-order valence-corrected chi connectivity index (χ2v) is 5.16. The summed E-state index contributed by atoms with van der Waals surface area (Å²) in [5, 5.41) is 2.37. The highest BCUT2D eigenvalue weighted by Crippen LogP contribution is 2.20. The quantitative estimate of drug-likeness (QED) is 0.749. The Hall–Kier alpha value is -2.51. The molecule has 0 aromatic carbocycles. The molecule has 1 saturated heterocycles. The third kappa shape index (κ3) is 3.57. The molecular weight excluding hydrogens is 288 g/mol. The van der Waals surface area contributed by atoms with Crippen molar-refractivity contribution in [1.82, 2.24) is 15.2 Å². The van der Waals surface area contributed by atoms with Gasteiger partial charge in [-0.3, -0.25) is 9.59 Å². The number of primary amides is 1. The molecule has 1 unspecified atom stereocenters. The normalized spacial score (nSPS) is 17.9. The first-order chi connectivity index (χ1) is 10.5. The molecule has 0 radical (unpaired) electrons. The van der Waals surface area contributed by atoms with Crippen LogP contribution in [0.1, 0.15) is 40.1 Å². The Kier molecular flexibility index (Phi) is 5.03. The average molecular weight is 308 g/mol. The number of carbonyl (C=O) groups is 3. The van der Waals surface area contributed by atoms with Gasteiger partial charge in [0.15, 0.2) is 0 Å². The molecule has 0 aliphatic carbocycles. The van der Waals surface area contributed by atoms with Crippen molar-refractivity contribution < 1.29 is 19.1 Å². The van der Waals surface area contributed by atoms with E-state index in [1.165, 1.54) is 19.3 Å². The number of aromatic nitrogens is 1. The maximum Gasteiger partial charge on any atom is 0.406 e. The molecule has 22 heavy (non-hydrogen) atoms.